The number of rotatable bonds is 6. The molecule has 1 atom stereocenters. The minimum Gasteiger partial charge on any atom is -0.457 e. The van der Waals surface area contributed by atoms with Crippen LogP contribution in [-0.2, 0) is 9.47 Å². The number of ether oxygens (including phenoxy) is 2. The van der Waals surface area contributed by atoms with E-state index < -0.39 is 12.1 Å². The first-order chi connectivity index (χ1) is 13.6. The van der Waals surface area contributed by atoms with E-state index in [4.69, 9.17) is 13.9 Å². The summed E-state index contributed by atoms with van der Waals surface area (Å²) in [5, 5.41) is 0. The van der Waals surface area contributed by atoms with E-state index in [1.54, 1.807) is 30.3 Å². The molecule has 2 amide bonds. The van der Waals surface area contributed by atoms with Crippen LogP contribution in [0.1, 0.15) is 31.3 Å². The molecule has 2 aliphatic rings. The predicted molar refractivity (Wildman–Crippen MR) is 97.0 cm³/mol. The molecule has 1 aromatic carbocycles. The minimum absolute atomic E-state index is 0.0177. The van der Waals surface area contributed by atoms with Crippen LogP contribution in [0.4, 0.5) is 0 Å². The number of carbonyl (C=O) groups excluding carboxylic acids is 3. The standard InChI is InChI=1S/C20H20N2O6/c23-18-15-4-1-2-5-16(15)19(24)22(18)13-14(12-21-7-10-26-11-8-21)28-20(25)17-6-3-9-27-17/h1-6,9,14H,7-8,10-13H2. The van der Waals surface area contributed by atoms with Gasteiger partial charge in [-0.1, -0.05) is 12.1 Å². The largest absolute Gasteiger partial charge is 0.457 e. The summed E-state index contributed by atoms with van der Waals surface area (Å²) in [5.41, 5.74) is 0.741. The van der Waals surface area contributed by atoms with Gasteiger partial charge in [0.1, 0.15) is 6.10 Å². The van der Waals surface area contributed by atoms with Crippen LogP contribution in [0.3, 0.4) is 0 Å². The fourth-order valence-electron chi connectivity index (χ4n) is 3.42. The maximum atomic E-state index is 12.7. The van der Waals surface area contributed by atoms with E-state index in [1.807, 2.05) is 0 Å². The second-order valence-corrected chi connectivity index (χ2v) is 6.68. The summed E-state index contributed by atoms with van der Waals surface area (Å²) in [4.78, 5) is 40.9. The smallest absolute Gasteiger partial charge is 0.374 e. The van der Waals surface area contributed by atoms with Gasteiger partial charge in [-0.25, -0.2) is 4.79 Å². The van der Waals surface area contributed by atoms with Crippen molar-refractivity contribution >= 4 is 17.8 Å². The molecular formula is C20H20N2O6. The number of amides is 2. The van der Waals surface area contributed by atoms with E-state index in [2.05, 4.69) is 4.90 Å². The fourth-order valence-corrected chi connectivity index (χ4v) is 3.42. The van der Waals surface area contributed by atoms with Crippen LogP contribution in [-0.4, -0.2) is 73.1 Å². The molecule has 0 saturated carbocycles. The van der Waals surface area contributed by atoms with Gasteiger partial charge in [-0.05, 0) is 24.3 Å². The van der Waals surface area contributed by atoms with E-state index in [9.17, 15) is 14.4 Å². The topological polar surface area (TPSA) is 89.3 Å². The van der Waals surface area contributed by atoms with Crippen LogP contribution in [0.25, 0.3) is 0 Å². The lowest BCUT2D eigenvalue weighted by Gasteiger charge is -2.31. The molecule has 0 aliphatic carbocycles. The third kappa shape index (κ3) is 3.69. The van der Waals surface area contributed by atoms with Crippen LogP contribution in [0, 0.1) is 0 Å². The average Bonchev–Trinajstić information content (AvgIpc) is 3.33. The molecule has 1 unspecified atom stereocenters. The second kappa shape index (κ2) is 7.95. The van der Waals surface area contributed by atoms with E-state index >= 15 is 0 Å². The van der Waals surface area contributed by atoms with Gasteiger partial charge in [0.25, 0.3) is 11.8 Å². The summed E-state index contributed by atoms with van der Waals surface area (Å²) in [6, 6.07) is 9.79. The Kier molecular flexibility index (Phi) is 5.23. The first-order valence-corrected chi connectivity index (χ1v) is 9.13. The number of benzene rings is 1. The summed E-state index contributed by atoms with van der Waals surface area (Å²) < 4.78 is 16.0. The fraction of sp³-hybridized carbons (Fsp3) is 0.350. The van der Waals surface area contributed by atoms with Crippen LogP contribution in [0.2, 0.25) is 0 Å². The molecule has 2 aliphatic heterocycles. The highest BCUT2D eigenvalue weighted by molar-refractivity contribution is 6.21. The Hall–Kier alpha value is -2.97. The predicted octanol–water partition coefficient (Wildman–Crippen LogP) is 1.43. The molecule has 1 fully saturated rings. The molecule has 146 valence electrons. The quantitative estimate of drug-likeness (QED) is 0.550. The first-order valence-electron chi connectivity index (χ1n) is 9.13. The molecule has 0 bridgehead atoms. The van der Waals surface area contributed by atoms with Gasteiger partial charge in [0, 0.05) is 19.6 Å². The minimum atomic E-state index is -0.682. The number of furan rings is 1. The summed E-state index contributed by atoms with van der Waals surface area (Å²) in [6.45, 7) is 2.94. The van der Waals surface area contributed by atoms with Gasteiger partial charge in [0.15, 0.2) is 0 Å². The Morgan fingerprint density at radius 2 is 1.68 bits per heavy atom. The maximum absolute atomic E-state index is 12.7. The molecule has 4 rings (SSSR count). The van der Waals surface area contributed by atoms with Gasteiger partial charge >= 0.3 is 5.97 Å². The number of hydrogen-bond donors (Lipinski definition) is 0. The third-order valence-electron chi connectivity index (χ3n) is 4.83. The van der Waals surface area contributed by atoms with Crippen LogP contribution >= 0.6 is 0 Å². The van der Waals surface area contributed by atoms with Crippen molar-refractivity contribution in [2.45, 2.75) is 6.10 Å². The zero-order valence-corrected chi connectivity index (χ0v) is 15.2. The number of carbonyl (C=O) groups is 3. The van der Waals surface area contributed by atoms with Crippen molar-refractivity contribution in [1.29, 1.82) is 0 Å². The normalized spacial score (nSPS) is 18.2. The zero-order chi connectivity index (χ0) is 19.5. The lowest BCUT2D eigenvalue weighted by atomic mass is 10.1. The molecule has 2 aromatic rings. The van der Waals surface area contributed by atoms with Crippen molar-refractivity contribution in [2.24, 2.45) is 0 Å². The molecule has 0 N–H and O–H groups in total. The molecule has 8 nitrogen and oxygen atoms in total. The van der Waals surface area contributed by atoms with Gasteiger partial charge in [-0.3, -0.25) is 19.4 Å². The maximum Gasteiger partial charge on any atom is 0.374 e. The Morgan fingerprint density at radius 1 is 1.00 bits per heavy atom. The Balaban J connectivity index is 1.50. The molecule has 8 heteroatoms. The van der Waals surface area contributed by atoms with Gasteiger partial charge in [-0.15, -0.1) is 0 Å². The van der Waals surface area contributed by atoms with Crippen molar-refractivity contribution in [3.05, 3.63) is 59.5 Å². The van der Waals surface area contributed by atoms with Gasteiger partial charge < -0.3 is 13.9 Å². The molecule has 3 heterocycles. The second-order valence-electron chi connectivity index (χ2n) is 6.68. The van der Waals surface area contributed by atoms with Crippen molar-refractivity contribution < 1.29 is 28.3 Å². The van der Waals surface area contributed by atoms with E-state index in [1.165, 1.54) is 12.3 Å². The lowest BCUT2D eigenvalue weighted by molar-refractivity contribution is -0.0121. The number of nitrogens with zero attached hydrogens (tertiary/aromatic N) is 2. The number of imide groups is 1. The zero-order valence-electron chi connectivity index (χ0n) is 15.2. The van der Waals surface area contributed by atoms with Crippen molar-refractivity contribution in [2.75, 3.05) is 39.4 Å². The summed E-state index contributed by atoms with van der Waals surface area (Å²) in [6.07, 6.45) is 0.704. The van der Waals surface area contributed by atoms with Crippen LogP contribution < -0.4 is 0 Å². The Morgan fingerprint density at radius 3 is 2.29 bits per heavy atom. The Labute approximate surface area is 161 Å². The van der Waals surface area contributed by atoms with E-state index in [0.29, 0.717) is 44.0 Å². The molecule has 28 heavy (non-hydrogen) atoms. The number of morpholine rings is 1. The highest BCUT2D eigenvalue weighted by Crippen LogP contribution is 2.23. The summed E-state index contributed by atoms with van der Waals surface area (Å²) in [7, 11) is 0. The Bertz CT molecular complexity index is 838. The summed E-state index contributed by atoms with van der Waals surface area (Å²) >= 11 is 0. The number of esters is 1. The lowest BCUT2D eigenvalue weighted by Crippen LogP contribution is -2.47. The van der Waals surface area contributed by atoms with Crippen molar-refractivity contribution in [3.63, 3.8) is 0 Å². The summed E-state index contributed by atoms with van der Waals surface area (Å²) in [5.74, 6) is -1.29. The molecule has 0 spiro atoms. The monoisotopic (exact) mass is 384 g/mol. The van der Waals surface area contributed by atoms with Crippen LogP contribution in [0.5, 0.6) is 0 Å². The van der Waals surface area contributed by atoms with Gasteiger partial charge in [0.2, 0.25) is 5.76 Å². The SMILES string of the molecule is O=C(OC(CN1CCOCC1)CN1C(=O)c2ccccc2C1=O)c1ccco1. The van der Waals surface area contributed by atoms with Gasteiger partial charge in [0.05, 0.1) is 37.1 Å². The first kappa shape index (κ1) is 18.4. The number of hydrogen-bond acceptors (Lipinski definition) is 7. The average molecular weight is 384 g/mol. The molecule has 0 radical (unpaired) electrons. The van der Waals surface area contributed by atoms with Crippen LogP contribution in [0.15, 0.2) is 47.1 Å². The highest BCUT2D eigenvalue weighted by atomic mass is 16.6. The third-order valence-corrected chi connectivity index (χ3v) is 4.83. The molecule has 1 aromatic heterocycles. The van der Waals surface area contributed by atoms with Crippen molar-refractivity contribution in [3.8, 4) is 0 Å². The van der Waals surface area contributed by atoms with Crippen molar-refractivity contribution in [1.82, 2.24) is 9.80 Å². The highest BCUT2D eigenvalue weighted by Gasteiger charge is 2.37. The van der Waals surface area contributed by atoms with E-state index in [0.717, 1.165) is 4.90 Å². The van der Waals surface area contributed by atoms with E-state index in [-0.39, 0.29) is 24.1 Å². The molecular weight excluding hydrogens is 364 g/mol. The number of fused-ring (bicyclic) bond motifs is 1. The molecule has 1 saturated heterocycles. The van der Waals surface area contributed by atoms with Gasteiger partial charge in [-0.2, -0.15) is 0 Å².